The van der Waals surface area contributed by atoms with Crippen molar-refractivity contribution in [2.75, 3.05) is 32.8 Å². The van der Waals surface area contributed by atoms with Crippen molar-refractivity contribution >= 4 is 0 Å². The van der Waals surface area contributed by atoms with Crippen LogP contribution in [-0.4, -0.2) is 48.8 Å². The Kier molecular flexibility index (Phi) is 8.83. The van der Waals surface area contributed by atoms with Crippen LogP contribution in [0.15, 0.2) is 0 Å². The van der Waals surface area contributed by atoms with Crippen molar-refractivity contribution in [2.24, 2.45) is 11.3 Å². The fraction of sp³-hybridized carbons (Fsp3) is 1.00. The van der Waals surface area contributed by atoms with Crippen LogP contribution in [0.3, 0.4) is 0 Å². The highest BCUT2D eigenvalue weighted by molar-refractivity contribution is 4.81. The van der Waals surface area contributed by atoms with Gasteiger partial charge in [0.05, 0.1) is 6.61 Å². The first kappa shape index (κ1) is 17.9. The molecular formula is C15H34N2O. The summed E-state index contributed by atoms with van der Waals surface area (Å²) in [6, 6.07) is 0.494. The Morgan fingerprint density at radius 1 is 1.22 bits per heavy atom. The molecule has 1 unspecified atom stereocenters. The molecule has 18 heavy (non-hydrogen) atoms. The first-order valence-electron chi connectivity index (χ1n) is 7.40. The molecule has 0 aliphatic heterocycles. The van der Waals surface area contributed by atoms with E-state index < -0.39 is 0 Å². The van der Waals surface area contributed by atoms with Gasteiger partial charge in [0, 0.05) is 25.7 Å². The summed E-state index contributed by atoms with van der Waals surface area (Å²) in [5, 5.41) is 12.7. The van der Waals surface area contributed by atoms with E-state index in [2.05, 4.69) is 51.8 Å². The smallest absolute Gasteiger partial charge is 0.0558 e. The summed E-state index contributed by atoms with van der Waals surface area (Å²) >= 11 is 0. The van der Waals surface area contributed by atoms with Crippen LogP contribution >= 0.6 is 0 Å². The molecule has 0 heterocycles. The molecule has 0 spiro atoms. The number of nitrogens with zero attached hydrogens (tertiary/aromatic N) is 1. The van der Waals surface area contributed by atoms with E-state index in [1.54, 1.807) is 0 Å². The minimum Gasteiger partial charge on any atom is -0.395 e. The lowest BCUT2D eigenvalue weighted by Crippen LogP contribution is -2.46. The number of aliphatic hydroxyl groups is 1. The fourth-order valence-corrected chi connectivity index (χ4v) is 2.09. The fourth-order valence-electron chi connectivity index (χ4n) is 2.09. The molecular weight excluding hydrogens is 224 g/mol. The summed E-state index contributed by atoms with van der Waals surface area (Å²) in [4.78, 5) is 2.38. The van der Waals surface area contributed by atoms with Crippen molar-refractivity contribution in [1.82, 2.24) is 10.2 Å². The predicted molar refractivity (Wildman–Crippen MR) is 79.9 cm³/mol. The molecule has 0 saturated heterocycles. The van der Waals surface area contributed by atoms with E-state index in [1.807, 2.05) is 0 Å². The zero-order valence-corrected chi connectivity index (χ0v) is 13.3. The van der Waals surface area contributed by atoms with Crippen LogP contribution in [0, 0.1) is 11.3 Å². The Morgan fingerprint density at radius 3 is 2.22 bits per heavy atom. The summed E-state index contributed by atoms with van der Waals surface area (Å²) in [6.07, 6.45) is 1.16. The monoisotopic (exact) mass is 258 g/mol. The molecule has 110 valence electrons. The molecule has 0 fully saturated rings. The third kappa shape index (κ3) is 7.34. The maximum Gasteiger partial charge on any atom is 0.0558 e. The number of hydrogen-bond donors (Lipinski definition) is 2. The first-order valence-corrected chi connectivity index (χ1v) is 7.40. The van der Waals surface area contributed by atoms with Gasteiger partial charge in [-0.15, -0.1) is 0 Å². The summed E-state index contributed by atoms with van der Waals surface area (Å²) in [5.74, 6) is 0.699. The quantitative estimate of drug-likeness (QED) is 0.631. The average Bonchev–Trinajstić information content (AvgIpc) is 2.28. The zero-order valence-electron chi connectivity index (χ0n) is 13.3. The van der Waals surface area contributed by atoms with E-state index in [0.717, 1.165) is 32.6 Å². The molecule has 0 aliphatic carbocycles. The largest absolute Gasteiger partial charge is 0.395 e. The molecule has 0 amide bonds. The van der Waals surface area contributed by atoms with E-state index >= 15 is 0 Å². The summed E-state index contributed by atoms with van der Waals surface area (Å²) in [5.41, 5.74) is 0.286. The highest BCUT2D eigenvalue weighted by Gasteiger charge is 2.26. The van der Waals surface area contributed by atoms with E-state index in [-0.39, 0.29) is 12.0 Å². The van der Waals surface area contributed by atoms with Crippen molar-refractivity contribution < 1.29 is 5.11 Å². The third-order valence-electron chi connectivity index (χ3n) is 3.66. The lowest BCUT2D eigenvalue weighted by molar-refractivity contribution is 0.103. The van der Waals surface area contributed by atoms with Crippen LogP contribution in [0.2, 0.25) is 0 Å². The van der Waals surface area contributed by atoms with Gasteiger partial charge in [-0.2, -0.15) is 0 Å². The predicted octanol–water partition coefficient (Wildman–Crippen LogP) is 2.35. The van der Waals surface area contributed by atoms with Gasteiger partial charge in [0.1, 0.15) is 0 Å². The van der Waals surface area contributed by atoms with Crippen LogP contribution in [0.4, 0.5) is 0 Å². The standard InChI is InChI=1S/C15H34N2O/c1-7-15(6,11-16-10-13(2)3)12-17(8-9-18)14(4)5/h13-14,16,18H,7-12H2,1-6H3. The van der Waals surface area contributed by atoms with Gasteiger partial charge < -0.3 is 10.4 Å². The maximum atomic E-state index is 9.15. The van der Waals surface area contributed by atoms with E-state index in [9.17, 15) is 0 Å². The molecule has 0 aliphatic rings. The minimum atomic E-state index is 0.247. The number of aliphatic hydroxyl groups excluding tert-OH is 1. The Balaban J connectivity index is 4.33. The van der Waals surface area contributed by atoms with Gasteiger partial charge in [0.15, 0.2) is 0 Å². The molecule has 2 N–H and O–H groups in total. The second kappa shape index (κ2) is 8.89. The highest BCUT2D eigenvalue weighted by Crippen LogP contribution is 2.22. The van der Waals surface area contributed by atoms with Gasteiger partial charge >= 0.3 is 0 Å². The van der Waals surface area contributed by atoms with Gasteiger partial charge in [-0.3, -0.25) is 4.90 Å². The molecule has 3 heteroatoms. The van der Waals surface area contributed by atoms with Crippen molar-refractivity contribution in [3.63, 3.8) is 0 Å². The Morgan fingerprint density at radius 2 is 1.83 bits per heavy atom. The molecule has 0 aromatic carbocycles. The Bertz CT molecular complexity index is 207. The maximum absolute atomic E-state index is 9.15. The second-order valence-corrected chi connectivity index (χ2v) is 6.48. The Hall–Kier alpha value is -0.120. The Labute approximate surface area is 114 Å². The van der Waals surface area contributed by atoms with Crippen molar-refractivity contribution in [1.29, 1.82) is 0 Å². The van der Waals surface area contributed by atoms with Crippen LogP contribution in [0.25, 0.3) is 0 Å². The molecule has 0 aromatic heterocycles. The van der Waals surface area contributed by atoms with Crippen LogP contribution in [-0.2, 0) is 0 Å². The molecule has 0 radical (unpaired) electrons. The van der Waals surface area contributed by atoms with Crippen LogP contribution < -0.4 is 5.32 Å². The molecule has 0 aromatic rings. The topological polar surface area (TPSA) is 35.5 Å². The first-order chi connectivity index (χ1) is 8.34. The normalized spacial score (nSPS) is 15.7. The lowest BCUT2D eigenvalue weighted by Gasteiger charge is -2.37. The van der Waals surface area contributed by atoms with Gasteiger partial charge in [0.25, 0.3) is 0 Å². The molecule has 0 bridgehead atoms. The van der Waals surface area contributed by atoms with Gasteiger partial charge in [-0.25, -0.2) is 0 Å². The third-order valence-corrected chi connectivity index (χ3v) is 3.66. The van der Waals surface area contributed by atoms with Gasteiger partial charge in [0.2, 0.25) is 0 Å². The average molecular weight is 258 g/mol. The summed E-state index contributed by atoms with van der Waals surface area (Å²) < 4.78 is 0. The van der Waals surface area contributed by atoms with E-state index in [1.165, 1.54) is 0 Å². The second-order valence-electron chi connectivity index (χ2n) is 6.48. The molecule has 0 saturated carbocycles. The van der Waals surface area contributed by atoms with Crippen molar-refractivity contribution in [2.45, 2.75) is 54.0 Å². The molecule has 3 nitrogen and oxygen atoms in total. The van der Waals surface area contributed by atoms with Crippen LogP contribution in [0.5, 0.6) is 0 Å². The molecule has 0 rings (SSSR count). The zero-order chi connectivity index (χ0) is 14.2. The van der Waals surface area contributed by atoms with Crippen molar-refractivity contribution in [3.8, 4) is 0 Å². The SMILES string of the molecule is CCC(C)(CNCC(C)C)CN(CCO)C(C)C. The van der Waals surface area contributed by atoms with Crippen LogP contribution in [0.1, 0.15) is 48.0 Å². The van der Waals surface area contributed by atoms with Crippen molar-refractivity contribution in [3.05, 3.63) is 0 Å². The van der Waals surface area contributed by atoms with Gasteiger partial charge in [-0.05, 0) is 38.1 Å². The highest BCUT2D eigenvalue weighted by atomic mass is 16.3. The summed E-state index contributed by atoms with van der Waals surface area (Å²) in [6.45, 7) is 17.7. The number of hydrogen-bond acceptors (Lipinski definition) is 3. The summed E-state index contributed by atoms with van der Waals surface area (Å²) in [7, 11) is 0. The number of rotatable bonds is 10. The van der Waals surface area contributed by atoms with E-state index in [0.29, 0.717) is 12.0 Å². The molecule has 1 atom stereocenters. The van der Waals surface area contributed by atoms with E-state index in [4.69, 9.17) is 5.11 Å². The lowest BCUT2D eigenvalue weighted by atomic mass is 9.86. The number of nitrogens with one attached hydrogen (secondary N) is 1. The van der Waals surface area contributed by atoms with Gasteiger partial charge in [-0.1, -0.05) is 27.7 Å². The minimum absolute atomic E-state index is 0.247.